The molecular weight excluding hydrogens is 480 g/mol. The lowest BCUT2D eigenvalue weighted by molar-refractivity contribution is -0.139. The SMILES string of the molecule is C=C1CC(CCCCOc2ccc(N=Nc3ccc(OCCCCC4CC(=C)C(=O)O4)cc3)cc2)OC1=C. The number of nitrogens with zero attached hydrogens (tertiary/aromatic N) is 2. The molecule has 2 aromatic carbocycles. The normalized spacial score (nSPS) is 19.2. The van der Waals surface area contributed by atoms with Gasteiger partial charge in [-0.25, -0.2) is 4.79 Å². The second-order valence-corrected chi connectivity index (χ2v) is 9.68. The monoisotopic (exact) mass is 516 g/mol. The van der Waals surface area contributed by atoms with Crippen molar-refractivity contribution in [3.8, 4) is 11.5 Å². The zero-order valence-electron chi connectivity index (χ0n) is 21.9. The molecule has 7 nitrogen and oxygen atoms in total. The number of unbranched alkanes of at least 4 members (excludes halogenated alkanes) is 2. The van der Waals surface area contributed by atoms with E-state index in [0.29, 0.717) is 25.2 Å². The van der Waals surface area contributed by atoms with Crippen LogP contribution in [0.5, 0.6) is 11.5 Å². The first-order valence-electron chi connectivity index (χ1n) is 13.3. The van der Waals surface area contributed by atoms with Gasteiger partial charge in [-0.2, -0.15) is 10.2 Å². The zero-order valence-corrected chi connectivity index (χ0v) is 21.9. The van der Waals surface area contributed by atoms with Crippen LogP contribution in [0.3, 0.4) is 0 Å². The molecule has 2 saturated heterocycles. The fraction of sp³-hybridized carbons (Fsp3) is 0.387. The number of rotatable bonds is 14. The fourth-order valence-electron chi connectivity index (χ4n) is 4.33. The first kappa shape index (κ1) is 27.2. The number of ether oxygens (including phenoxy) is 4. The number of cyclic esters (lactones) is 1. The van der Waals surface area contributed by atoms with Gasteiger partial charge in [0, 0.05) is 18.4 Å². The van der Waals surface area contributed by atoms with Crippen molar-refractivity contribution < 1.29 is 23.7 Å². The van der Waals surface area contributed by atoms with Crippen molar-refractivity contribution in [1.82, 2.24) is 0 Å². The first-order valence-corrected chi connectivity index (χ1v) is 13.3. The highest BCUT2D eigenvalue weighted by Gasteiger charge is 2.26. The van der Waals surface area contributed by atoms with Crippen LogP contribution in [0.25, 0.3) is 0 Å². The van der Waals surface area contributed by atoms with E-state index in [2.05, 4.69) is 30.0 Å². The van der Waals surface area contributed by atoms with E-state index in [1.54, 1.807) is 0 Å². The van der Waals surface area contributed by atoms with Gasteiger partial charge in [0.2, 0.25) is 0 Å². The van der Waals surface area contributed by atoms with Gasteiger partial charge in [0.1, 0.15) is 29.5 Å². The molecule has 2 aromatic rings. The molecule has 0 amide bonds. The van der Waals surface area contributed by atoms with Crippen molar-refractivity contribution >= 4 is 17.3 Å². The summed E-state index contributed by atoms with van der Waals surface area (Å²) in [6, 6.07) is 15.1. The van der Waals surface area contributed by atoms with Crippen LogP contribution >= 0.6 is 0 Å². The van der Waals surface area contributed by atoms with Gasteiger partial charge in [0.25, 0.3) is 0 Å². The van der Waals surface area contributed by atoms with Crippen LogP contribution in [0.1, 0.15) is 51.4 Å². The maximum Gasteiger partial charge on any atom is 0.333 e. The lowest BCUT2D eigenvalue weighted by atomic mass is 10.1. The van der Waals surface area contributed by atoms with Crippen LogP contribution in [0, 0.1) is 0 Å². The number of carbonyl (C=O) groups excluding carboxylic acids is 1. The molecule has 0 spiro atoms. The van der Waals surface area contributed by atoms with E-state index in [1.807, 2.05) is 48.5 Å². The Kier molecular flexibility index (Phi) is 9.73. The summed E-state index contributed by atoms with van der Waals surface area (Å²) >= 11 is 0. The second kappa shape index (κ2) is 13.6. The summed E-state index contributed by atoms with van der Waals surface area (Å²) in [5.74, 6) is 2.08. The minimum absolute atomic E-state index is 0.0288. The highest BCUT2D eigenvalue weighted by Crippen LogP contribution is 2.29. The number of azo groups is 1. The quantitative estimate of drug-likeness (QED) is 0.110. The highest BCUT2D eigenvalue weighted by molar-refractivity contribution is 5.89. The van der Waals surface area contributed by atoms with Crippen LogP contribution in [-0.2, 0) is 14.3 Å². The fourth-order valence-corrected chi connectivity index (χ4v) is 4.33. The number of hydrogen-bond donors (Lipinski definition) is 0. The number of hydrogen-bond acceptors (Lipinski definition) is 7. The molecular formula is C31H36N2O5. The van der Waals surface area contributed by atoms with Crippen molar-refractivity contribution in [2.45, 2.75) is 63.6 Å². The molecule has 2 heterocycles. The average Bonchev–Trinajstić information content (AvgIpc) is 3.42. The van der Waals surface area contributed by atoms with Crippen molar-refractivity contribution in [1.29, 1.82) is 0 Å². The molecule has 0 aromatic heterocycles. The van der Waals surface area contributed by atoms with E-state index < -0.39 is 0 Å². The molecule has 4 rings (SSSR count). The minimum Gasteiger partial charge on any atom is -0.494 e. The molecule has 2 unspecified atom stereocenters. The molecule has 200 valence electrons. The van der Waals surface area contributed by atoms with Crippen LogP contribution in [0.2, 0.25) is 0 Å². The van der Waals surface area contributed by atoms with E-state index >= 15 is 0 Å². The third-order valence-electron chi connectivity index (χ3n) is 6.55. The average molecular weight is 517 g/mol. The molecule has 7 heteroatoms. The zero-order chi connectivity index (χ0) is 26.7. The van der Waals surface area contributed by atoms with Crippen molar-refractivity contribution in [2.75, 3.05) is 13.2 Å². The Morgan fingerprint density at radius 3 is 1.58 bits per heavy atom. The maximum atomic E-state index is 11.4. The molecule has 0 radical (unpaired) electrons. The smallest absolute Gasteiger partial charge is 0.333 e. The number of esters is 1. The minimum atomic E-state index is -0.262. The van der Waals surface area contributed by atoms with Gasteiger partial charge in [-0.15, -0.1) is 0 Å². The number of carbonyl (C=O) groups is 1. The molecule has 2 fully saturated rings. The lowest BCUT2D eigenvalue weighted by Crippen LogP contribution is -2.07. The predicted molar refractivity (Wildman–Crippen MR) is 147 cm³/mol. The second-order valence-electron chi connectivity index (χ2n) is 9.68. The van der Waals surface area contributed by atoms with Gasteiger partial charge in [0.15, 0.2) is 0 Å². The first-order chi connectivity index (χ1) is 18.5. The number of allylic oxidation sites excluding steroid dienone is 1. The Morgan fingerprint density at radius 2 is 1.16 bits per heavy atom. The van der Waals surface area contributed by atoms with E-state index in [-0.39, 0.29) is 18.2 Å². The summed E-state index contributed by atoms with van der Waals surface area (Å²) < 4.78 is 22.6. The third kappa shape index (κ3) is 8.33. The van der Waals surface area contributed by atoms with Crippen molar-refractivity contribution in [3.63, 3.8) is 0 Å². The van der Waals surface area contributed by atoms with Crippen molar-refractivity contribution in [2.24, 2.45) is 10.2 Å². The molecule has 2 atom stereocenters. The topological polar surface area (TPSA) is 78.7 Å². The largest absolute Gasteiger partial charge is 0.494 e. The molecule has 0 N–H and O–H groups in total. The summed E-state index contributed by atoms with van der Waals surface area (Å²) in [6.45, 7) is 12.8. The van der Waals surface area contributed by atoms with E-state index in [0.717, 1.165) is 79.2 Å². The molecule has 0 saturated carbocycles. The Morgan fingerprint density at radius 1 is 0.684 bits per heavy atom. The summed E-state index contributed by atoms with van der Waals surface area (Å²) in [5.41, 5.74) is 3.09. The van der Waals surface area contributed by atoms with Crippen LogP contribution < -0.4 is 9.47 Å². The number of benzene rings is 2. The summed E-state index contributed by atoms with van der Waals surface area (Å²) in [6.07, 6.45) is 7.37. The molecule has 0 aliphatic carbocycles. The highest BCUT2D eigenvalue weighted by atomic mass is 16.5. The summed E-state index contributed by atoms with van der Waals surface area (Å²) in [4.78, 5) is 11.4. The van der Waals surface area contributed by atoms with Gasteiger partial charge >= 0.3 is 5.97 Å². The maximum absolute atomic E-state index is 11.4. The molecule has 38 heavy (non-hydrogen) atoms. The van der Waals surface area contributed by atoms with Gasteiger partial charge in [-0.3, -0.25) is 0 Å². The van der Waals surface area contributed by atoms with E-state index in [9.17, 15) is 4.79 Å². The van der Waals surface area contributed by atoms with Crippen LogP contribution in [0.4, 0.5) is 11.4 Å². The standard InChI is InChI=1S/C31H36N2O5/c1-22-20-29(37-24(22)3)8-4-6-18-35-27-14-10-25(11-15-27)32-33-26-12-16-28(17-13-26)36-19-7-5-9-30-21-23(2)31(34)38-30/h10-17,29-30H,1-9,18-21H2. The summed E-state index contributed by atoms with van der Waals surface area (Å²) in [5, 5.41) is 8.61. The molecule has 2 aliphatic rings. The Hall–Kier alpha value is -3.87. The van der Waals surface area contributed by atoms with Crippen LogP contribution in [0.15, 0.2) is 95.4 Å². The van der Waals surface area contributed by atoms with Crippen molar-refractivity contribution in [3.05, 3.63) is 85.2 Å². The van der Waals surface area contributed by atoms with Gasteiger partial charge in [-0.05, 0) is 92.6 Å². The van der Waals surface area contributed by atoms with Crippen LogP contribution in [-0.4, -0.2) is 31.4 Å². The Bertz CT molecular complexity index is 1030. The van der Waals surface area contributed by atoms with E-state index in [1.165, 1.54) is 0 Å². The predicted octanol–water partition coefficient (Wildman–Crippen LogP) is 7.93. The Labute approximate surface area is 224 Å². The Balaban J connectivity index is 1.09. The van der Waals surface area contributed by atoms with Gasteiger partial charge < -0.3 is 18.9 Å². The molecule has 2 aliphatic heterocycles. The summed E-state index contributed by atoms with van der Waals surface area (Å²) in [7, 11) is 0. The van der Waals surface area contributed by atoms with Gasteiger partial charge in [0.05, 0.1) is 24.6 Å². The lowest BCUT2D eigenvalue weighted by Gasteiger charge is -2.10. The van der Waals surface area contributed by atoms with Gasteiger partial charge in [-0.1, -0.05) is 19.7 Å². The van der Waals surface area contributed by atoms with E-state index in [4.69, 9.17) is 18.9 Å². The molecule has 0 bridgehead atoms. The third-order valence-corrected chi connectivity index (χ3v) is 6.55.